The van der Waals surface area contributed by atoms with Crippen molar-refractivity contribution in [1.82, 2.24) is 4.98 Å². The second kappa shape index (κ2) is 5.09. The van der Waals surface area contributed by atoms with Crippen LogP contribution >= 0.6 is 11.6 Å². The molecule has 0 radical (unpaired) electrons. The van der Waals surface area contributed by atoms with Gasteiger partial charge in [0.1, 0.15) is 6.10 Å². The highest BCUT2D eigenvalue weighted by molar-refractivity contribution is 6.31. The van der Waals surface area contributed by atoms with Crippen molar-refractivity contribution in [2.24, 2.45) is 0 Å². The van der Waals surface area contributed by atoms with Gasteiger partial charge >= 0.3 is 0 Å². The highest BCUT2D eigenvalue weighted by atomic mass is 35.5. The maximum atomic E-state index is 10.5. The molecule has 2 rings (SSSR count). The summed E-state index contributed by atoms with van der Waals surface area (Å²) in [5, 5.41) is 10.9. The Kier molecular flexibility index (Phi) is 3.69. The van der Waals surface area contributed by atoms with Crippen LogP contribution in [0.15, 0.2) is 30.6 Å². The quantitative estimate of drug-likeness (QED) is 0.893. The minimum absolute atomic E-state index is 0.489. The summed E-state index contributed by atoms with van der Waals surface area (Å²) in [7, 11) is 0. The van der Waals surface area contributed by atoms with Crippen molar-refractivity contribution in [2.75, 3.05) is 0 Å². The first kappa shape index (κ1) is 13.1. The number of aliphatic hydroxyl groups is 1. The van der Waals surface area contributed by atoms with Crippen molar-refractivity contribution in [3.8, 4) is 0 Å². The molecule has 18 heavy (non-hydrogen) atoms. The molecule has 0 saturated heterocycles. The van der Waals surface area contributed by atoms with Crippen LogP contribution in [0.5, 0.6) is 0 Å². The van der Waals surface area contributed by atoms with Crippen LogP contribution in [-0.2, 0) is 0 Å². The lowest BCUT2D eigenvalue weighted by Crippen LogP contribution is -2.04. The first-order valence-electron chi connectivity index (χ1n) is 5.86. The molecule has 0 spiro atoms. The molecule has 1 heterocycles. The molecular weight excluding hydrogens is 246 g/mol. The molecule has 0 saturated carbocycles. The number of halogens is 1. The number of aromatic nitrogens is 1. The van der Waals surface area contributed by atoms with Gasteiger partial charge in [-0.3, -0.25) is 4.98 Å². The third-order valence-corrected chi connectivity index (χ3v) is 3.59. The second-order valence-electron chi connectivity index (χ2n) is 4.59. The number of aliphatic hydroxyl groups excluding tert-OH is 1. The third kappa shape index (κ3) is 2.40. The van der Waals surface area contributed by atoms with Crippen LogP contribution in [0.4, 0.5) is 0 Å². The van der Waals surface area contributed by atoms with Gasteiger partial charge in [-0.2, -0.15) is 0 Å². The Bertz CT molecular complexity index is 581. The fourth-order valence-corrected chi connectivity index (χ4v) is 2.28. The largest absolute Gasteiger partial charge is 0.384 e. The highest BCUT2D eigenvalue weighted by Crippen LogP contribution is 2.30. The highest BCUT2D eigenvalue weighted by Gasteiger charge is 2.16. The van der Waals surface area contributed by atoms with Gasteiger partial charge in [-0.15, -0.1) is 0 Å². The van der Waals surface area contributed by atoms with E-state index in [4.69, 9.17) is 11.6 Å². The molecule has 94 valence electrons. The molecule has 0 aliphatic heterocycles. The first-order valence-corrected chi connectivity index (χ1v) is 6.23. The Morgan fingerprint density at radius 1 is 1.06 bits per heavy atom. The van der Waals surface area contributed by atoms with Crippen LogP contribution in [0.1, 0.15) is 33.9 Å². The Morgan fingerprint density at radius 2 is 1.72 bits per heavy atom. The summed E-state index contributed by atoms with van der Waals surface area (Å²) in [5.41, 5.74) is 5.05. The summed E-state index contributed by atoms with van der Waals surface area (Å²) in [6.07, 6.45) is 2.48. The van der Waals surface area contributed by atoms with Crippen molar-refractivity contribution in [3.05, 3.63) is 63.4 Å². The summed E-state index contributed by atoms with van der Waals surface area (Å²) in [6, 6.07) is 5.86. The van der Waals surface area contributed by atoms with Crippen molar-refractivity contribution in [3.63, 3.8) is 0 Å². The SMILES string of the molecule is Cc1cc(C)c(C(O)c2ccncc2Cl)cc1C. The van der Waals surface area contributed by atoms with Gasteiger partial charge < -0.3 is 5.11 Å². The Morgan fingerprint density at radius 3 is 2.39 bits per heavy atom. The first-order chi connectivity index (χ1) is 8.50. The number of hydrogen-bond donors (Lipinski definition) is 1. The van der Waals surface area contributed by atoms with E-state index in [-0.39, 0.29) is 0 Å². The normalized spacial score (nSPS) is 12.5. The fourth-order valence-electron chi connectivity index (χ4n) is 2.05. The number of rotatable bonds is 2. The third-order valence-electron chi connectivity index (χ3n) is 3.28. The van der Waals surface area contributed by atoms with E-state index in [9.17, 15) is 5.11 Å². The zero-order valence-electron chi connectivity index (χ0n) is 10.7. The zero-order valence-corrected chi connectivity index (χ0v) is 11.5. The molecule has 2 nitrogen and oxygen atoms in total. The van der Waals surface area contributed by atoms with Gasteiger partial charge in [-0.1, -0.05) is 23.7 Å². The number of aryl methyl sites for hydroxylation is 3. The number of hydrogen-bond acceptors (Lipinski definition) is 2. The number of nitrogens with zero attached hydrogens (tertiary/aromatic N) is 1. The van der Waals surface area contributed by atoms with Crippen LogP contribution in [0.25, 0.3) is 0 Å². The van der Waals surface area contributed by atoms with Gasteiger partial charge in [0.15, 0.2) is 0 Å². The van der Waals surface area contributed by atoms with E-state index in [0.717, 1.165) is 11.1 Å². The predicted molar refractivity (Wildman–Crippen MR) is 74.0 cm³/mol. The predicted octanol–water partition coefficient (Wildman–Crippen LogP) is 3.74. The lowest BCUT2D eigenvalue weighted by atomic mass is 9.94. The van der Waals surface area contributed by atoms with Crippen LogP contribution in [0.3, 0.4) is 0 Å². The zero-order chi connectivity index (χ0) is 13.3. The molecule has 1 unspecified atom stereocenters. The second-order valence-corrected chi connectivity index (χ2v) is 5.00. The number of pyridine rings is 1. The molecule has 2 aromatic rings. The van der Waals surface area contributed by atoms with Crippen molar-refractivity contribution >= 4 is 11.6 Å². The van der Waals surface area contributed by atoms with Crippen molar-refractivity contribution in [2.45, 2.75) is 26.9 Å². The summed E-state index contributed by atoms with van der Waals surface area (Å²) in [5.74, 6) is 0. The molecule has 3 heteroatoms. The molecule has 0 aliphatic carbocycles. The average Bonchev–Trinajstić information content (AvgIpc) is 2.33. The van der Waals surface area contributed by atoms with Gasteiger partial charge in [0.05, 0.1) is 5.02 Å². The van der Waals surface area contributed by atoms with Crippen LogP contribution < -0.4 is 0 Å². The maximum absolute atomic E-state index is 10.5. The molecular formula is C15H16ClNO. The molecule has 0 bridgehead atoms. The van der Waals surface area contributed by atoms with E-state index >= 15 is 0 Å². The van der Waals surface area contributed by atoms with Crippen LogP contribution in [0, 0.1) is 20.8 Å². The standard InChI is InChI=1S/C15H16ClNO/c1-9-6-11(3)13(7-10(9)2)15(18)12-4-5-17-8-14(12)16/h4-8,15,18H,1-3H3. The van der Waals surface area contributed by atoms with E-state index in [1.54, 1.807) is 18.5 Å². The van der Waals surface area contributed by atoms with E-state index in [2.05, 4.69) is 18.0 Å². The van der Waals surface area contributed by atoms with E-state index in [1.807, 2.05) is 19.9 Å². The molecule has 0 amide bonds. The van der Waals surface area contributed by atoms with E-state index in [0.29, 0.717) is 10.6 Å². The lowest BCUT2D eigenvalue weighted by molar-refractivity contribution is 0.219. The van der Waals surface area contributed by atoms with Crippen molar-refractivity contribution in [1.29, 1.82) is 0 Å². The van der Waals surface area contributed by atoms with Crippen LogP contribution in [-0.4, -0.2) is 10.1 Å². The number of benzene rings is 1. The fraction of sp³-hybridized carbons (Fsp3) is 0.267. The lowest BCUT2D eigenvalue weighted by Gasteiger charge is -2.17. The molecule has 1 aromatic heterocycles. The molecule has 1 N–H and O–H groups in total. The minimum atomic E-state index is -0.709. The van der Waals surface area contributed by atoms with Crippen LogP contribution in [0.2, 0.25) is 5.02 Å². The molecule has 0 fully saturated rings. The monoisotopic (exact) mass is 261 g/mol. The maximum Gasteiger partial charge on any atom is 0.106 e. The van der Waals surface area contributed by atoms with Gasteiger partial charge in [-0.25, -0.2) is 0 Å². The topological polar surface area (TPSA) is 33.1 Å². The summed E-state index contributed by atoms with van der Waals surface area (Å²) in [4.78, 5) is 3.93. The Hall–Kier alpha value is -1.38. The van der Waals surface area contributed by atoms with Crippen molar-refractivity contribution < 1.29 is 5.11 Å². The smallest absolute Gasteiger partial charge is 0.106 e. The Balaban J connectivity index is 2.50. The van der Waals surface area contributed by atoms with Gasteiger partial charge in [0.25, 0.3) is 0 Å². The van der Waals surface area contributed by atoms with Gasteiger partial charge in [0.2, 0.25) is 0 Å². The van der Waals surface area contributed by atoms with Gasteiger partial charge in [-0.05, 0) is 49.1 Å². The summed E-state index contributed by atoms with van der Waals surface area (Å²) < 4.78 is 0. The Labute approximate surface area is 112 Å². The molecule has 1 aromatic carbocycles. The van der Waals surface area contributed by atoms with E-state index in [1.165, 1.54) is 11.1 Å². The van der Waals surface area contributed by atoms with Gasteiger partial charge in [0, 0.05) is 18.0 Å². The minimum Gasteiger partial charge on any atom is -0.384 e. The molecule has 0 aliphatic rings. The molecule has 1 atom stereocenters. The summed E-state index contributed by atoms with van der Waals surface area (Å²) >= 11 is 6.07. The average molecular weight is 262 g/mol. The summed E-state index contributed by atoms with van der Waals surface area (Å²) in [6.45, 7) is 6.11. The van der Waals surface area contributed by atoms with E-state index < -0.39 is 6.10 Å².